The largest absolute Gasteiger partial charge is 0.455 e. The van der Waals surface area contributed by atoms with E-state index in [0.29, 0.717) is 17.5 Å². The summed E-state index contributed by atoms with van der Waals surface area (Å²) >= 11 is 1.78. The van der Waals surface area contributed by atoms with Crippen LogP contribution >= 0.6 is 11.3 Å². The van der Waals surface area contributed by atoms with E-state index in [9.17, 15) is 0 Å². The fourth-order valence-electron chi connectivity index (χ4n) is 6.86. The van der Waals surface area contributed by atoms with Crippen LogP contribution in [-0.2, 0) is 0 Å². The highest BCUT2D eigenvalue weighted by Crippen LogP contribution is 2.41. The van der Waals surface area contributed by atoms with E-state index in [0.717, 1.165) is 60.5 Å². The molecule has 0 N–H and O–H groups in total. The maximum absolute atomic E-state index is 6.43. The van der Waals surface area contributed by atoms with E-state index in [4.69, 9.17) is 19.4 Å². The van der Waals surface area contributed by atoms with Crippen LogP contribution in [0.2, 0.25) is 0 Å². The zero-order valence-corrected chi connectivity index (χ0v) is 26.4. The molecule has 0 saturated carbocycles. The van der Waals surface area contributed by atoms with Crippen molar-refractivity contribution in [3.63, 3.8) is 0 Å². The van der Waals surface area contributed by atoms with Crippen LogP contribution in [0, 0.1) is 0 Å². The van der Waals surface area contributed by atoms with Crippen LogP contribution in [0.25, 0.3) is 98.2 Å². The first-order valence-electron chi connectivity index (χ1n) is 15.9. The summed E-state index contributed by atoms with van der Waals surface area (Å²) in [5.41, 5.74) is 6.78. The third-order valence-corrected chi connectivity index (χ3v) is 10.4. The third-order valence-electron chi connectivity index (χ3n) is 9.15. The Bertz CT molecular complexity index is 2850. The van der Waals surface area contributed by atoms with Crippen molar-refractivity contribution >= 4 is 64.2 Å². The highest BCUT2D eigenvalue weighted by atomic mass is 32.1. The topological polar surface area (TPSA) is 51.8 Å². The Kier molecular flexibility index (Phi) is 6.01. The van der Waals surface area contributed by atoms with Crippen molar-refractivity contribution in [1.82, 2.24) is 15.0 Å². The van der Waals surface area contributed by atoms with Gasteiger partial charge in [0.2, 0.25) is 0 Å². The summed E-state index contributed by atoms with van der Waals surface area (Å²) in [6, 6.07) is 52.6. The van der Waals surface area contributed by atoms with Gasteiger partial charge in [0.25, 0.3) is 0 Å². The third kappa shape index (κ3) is 4.25. The van der Waals surface area contributed by atoms with Crippen LogP contribution in [0.1, 0.15) is 0 Å². The summed E-state index contributed by atoms with van der Waals surface area (Å²) in [6.45, 7) is 0. The van der Waals surface area contributed by atoms with Gasteiger partial charge in [0.1, 0.15) is 11.2 Å². The average Bonchev–Trinajstić information content (AvgIpc) is 3.73. The van der Waals surface area contributed by atoms with Gasteiger partial charge < -0.3 is 4.42 Å². The highest BCUT2D eigenvalue weighted by molar-refractivity contribution is 7.26. The fraction of sp³-hybridized carbons (Fsp3) is 0. The van der Waals surface area contributed by atoms with Gasteiger partial charge in [-0.05, 0) is 52.9 Å². The molecule has 0 fully saturated rings. The summed E-state index contributed by atoms with van der Waals surface area (Å²) < 4.78 is 8.84. The lowest BCUT2D eigenvalue weighted by atomic mass is 9.99. The van der Waals surface area contributed by atoms with E-state index in [1.807, 2.05) is 18.2 Å². The number of benzene rings is 7. The number of hydrogen-bond acceptors (Lipinski definition) is 5. The molecule has 48 heavy (non-hydrogen) atoms. The molecule has 0 radical (unpaired) electrons. The van der Waals surface area contributed by atoms with Crippen LogP contribution in [0.15, 0.2) is 156 Å². The van der Waals surface area contributed by atoms with E-state index in [2.05, 4.69) is 133 Å². The molecule has 0 unspecified atom stereocenters. The summed E-state index contributed by atoms with van der Waals surface area (Å²) in [5, 5.41) is 6.82. The highest BCUT2D eigenvalue weighted by Gasteiger charge is 2.19. The molecular weight excluding hydrogens is 607 g/mol. The second-order valence-corrected chi connectivity index (χ2v) is 13.0. The standard InChI is InChI=1S/C43H25N3OS/c1-2-11-26(12-3-1)29-14-6-7-17-34(29)42-44-41(45-43(46-42)35-19-10-18-33-31-16-8-9-20-38(31)48-40(33)35)28-22-24-37-36(25-28)32-23-21-27-13-4-5-15-30(27)39(32)47-37/h1-25H. The first kappa shape index (κ1) is 27.0. The van der Waals surface area contributed by atoms with E-state index in [1.54, 1.807) is 11.3 Å². The van der Waals surface area contributed by atoms with Crippen molar-refractivity contribution in [3.05, 3.63) is 152 Å². The van der Waals surface area contributed by atoms with E-state index >= 15 is 0 Å². The van der Waals surface area contributed by atoms with Gasteiger partial charge in [-0.3, -0.25) is 0 Å². The quantitative estimate of drug-likeness (QED) is 0.194. The van der Waals surface area contributed by atoms with Crippen LogP contribution in [-0.4, -0.2) is 15.0 Å². The second kappa shape index (κ2) is 10.7. The fourth-order valence-corrected chi connectivity index (χ4v) is 8.07. The van der Waals surface area contributed by atoms with Crippen molar-refractivity contribution in [2.45, 2.75) is 0 Å². The lowest BCUT2D eigenvalue weighted by Gasteiger charge is -2.12. The molecule has 10 rings (SSSR count). The van der Waals surface area contributed by atoms with Crippen molar-refractivity contribution < 1.29 is 4.42 Å². The number of hydrogen-bond donors (Lipinski definition) is 0. The number of thiophene rings is 1. The predicted molar refractivity (Wildman–Crippen MR) is 199 cm³/mol. The van der Waals surface area contributed by atoms with Crippen molar-refractivity contribution in [3.8, 4) is 45.3 Å². The molecule has 3 heterocycles. The summed E-state index contributed by atoms with van der Waals surface area (Å²) in [5.74, 6) is 1.90. The molecule has 0 amide bonds. The Morgan fingerprint density at radius 3 is 2.00 bits per heavy atom. The minimum Gasteiger partial charge on any atom is -0.455 e. The maximum Gasteiger partial charge on any atom is 0.165 e. The van der Waals surface area contributed by atoms with E-state index < -0.39 is 0 Å². The van der Waals surface area contributed by atoms with Gasteiger partial charge in [0, 0.05) is 53.0 Å². The molecule has 4 nitrogen and oxygen atoms in total. The number of rotatable bonds is 4. The Morgan fingerprint density at radius 1 is 0.417 bits per heavy atom. The molecule has 0 aliphatic rings. The van der Waals surface area contributed by atoms with Gasteiger partial charge in [0.05, 0.1) is 0 Å². The molecule has 7 aromatic carbocycles. The Morgan fingerprint density at radius 2 is 1.10 bits per heavy atom. The van der Waals surface area contributed by atoms with Gasteiger partial charge >= 0.3 is 0 Å². The zero-order chi connectivity index (χ0) is 31.6. The molecule has 224 valence electrons. The SMILES string of the molecule is c1ccc(-c2ccccc2-c2nc(-c3ccc4oc5c6ccccc6ccc5c4c3)nc(-c3cccc4c3sc3ccccc34)n2)cc1. The molecule has 0 atom stereocenters. The first-order valence-corrected chi connectivity index (χ1v) is 16.8. The molecule has 3 aromatic heterocycles. The summed E-state index contributed by atoms with van der Waals surface area (Å²) in [7, 11) is 0. The van der Waals surface area contributed by atoms with Gasteiger partial charge in [-0.15, -0.1) is 11.3 Å². The summed E-state index contributed by atoms with van der Waals surface area (Å²) in [6.07, 6.45) is 0. The normalized spacial score (nSPS) is 11.8. The Hall–Kier alpha value is -6.17. The van der Waals surface area contributed by atoms with E-state index in [1.165, 1.54) is 20.2 Å². The van der Waals surface area contributed by atoms with Crippen LogP contribution in [0.3, 0.4) is 0 Å². The molecule has 5 heteroatoms. The number of furan rings is 1. The maximum atomic E-state index is 6.43. The van der Waals surface area contributed by atoms with Crippen molar-refractivity contribution in [2.24, 2.45) is 0 Å². The number of aromatic nitrogens is 3. The van der Waals surface area contributed by atoms with Gasteiger partial charge in [-0.2, -0.15) is 0 Å². The number of nitrogens with zero attached hydrogens (tertiary/aromatic N) is 3. The van der Waals surface area contributed by atoms with Gasteiger partial charge in [-0.1, -0.05) is 115 Å². The number of fused-ring (bicyclic) bond motifs is 8. The summed E-state index contributed by atoms with van der Waals surface area (Å²) in [4.78, 5) is 15.6. The molecule has 10 aromatic rings. The molecule has 0 saturated heterocycles. The average molecular weight is 632 g/mol. The monoisotopic (exact) mass is 631 g/mol. The Balaban J connectivity index is 1.23. The molecular formula is C43H25N3OS. The van der Waals surface area contributed by atoms with Crippen molar-refractivity contribution in [1.29, 1.82) is 0 Å². The lowest BCUT2D eigenvalue weighted by Crippen LogP contribution is -2.01. The van der Waals surface area contributed by atoms with E-state index in [-0.39, 0.29) is 0 Å². The predicted octanol–water partition coefficient (Wildman–Crippen LogP) is 12.0. The molecule has 0 aliphatic heterocycles. The van der Waals surface area contributed by atoms with Gasteiger partial charge in [0.15, 0.2) is 17.5 Å². The molecule has 0 aliphatic carbocycles. The second-order valence-electron chi connectivity index (χ2n) is 12.0. The van der Waals surface area contributed by atoms with Crippen LogP contribution in [0.5, 0.6) is 0 Å². The van der Waals surface area contributed by atoms with Crippen LogP contribution < -0.4 is 0 Å². The lowest BCUT2D eigenvalue weighted by molar-refractivity contribution is 0.672. The first-order chi connectivity index (χ1) is 23.8. The molecule has 0 bridgehead atoms. The molecule has 0 spiro atoms. The Labute approximate surface area is 279 Å². The zero-order valence-electron chi connectivity index (χ0n) is 25.6. The van der Waals surface area contributed by atoms with Gasteiger partial charge in [-0.25, -0.2) is 15.0 Å². The minimum atomic E-state index is 0.619. The van der Waals surface area contributed by atoms with Crippen LogP contribution in [0.4, 0.5) is 0 Å². The van der Waals surface area contributed by atoms with Crippen molar-refractivity contribution in [2.75, 3.05) is 0 Å². The smallest absolute Gasteiger partial charge is 0.165 e. The minimum absolute atomic E-state index is 0.619.